The standard InChI is InChI=1S/C15H27F3N2O2/c1-10(9-19-13(21)22-14(2,3)4)20-12-8-6-5-7-11(12)15(16,17)18/h10-12,20H,5-9H2,1-4H3,(H,19,21). The average molecular weight is 324 g/mol. The fourth-order valence-electron chi connectivity index (χ4n) is 2.70. The number of alkyl carbamates (subject to hydrolysis) is 1. The molecule has 1 amide bonds. The van der Waals surface area contributed by atoms with Gasteiger partial charge in [-0.2, -0.15) is 13.2 Å². The van der Waals surface area contributed by atoms with Crippen LogP contribution in [0, 0.1) is 5.92 Å². The molecule has 1 aliphatic rings. The Morgan fingerprint density at radius 3 is 2.36 bits per heavy atom. The van der Waals surface area contributed by atoms with Crippen LogP contribution in [0.1, 0.15) is 53.4 Å². The lowest BCUT2D eigenvalue weighted by molar-refractivity contribution is -0.189. The van der Waals surface area contributed by atoms with E-state index in [0.717, 1.165) is 6.42 Å². The zero-order chi connectivity index (χ0) is 17.0. The van der Waals surface area contributed by atoms with Gasteiger partial charge in [-0.15, -0.1) is 0 Å². The third-order valence-corrected chi connectivity index (χ3v) is 3.64. The van der Waals surface area contributed by atoms with Gasteiger partial charge in [0, 0.05) is 18.6 Å². The van der Waals surface area contributed by atoms with Crippen LogP contribution in [0.3, 0.4) is 0 Å². The van der Waals surface area contributed by atoms with Crippen LogP contribution in [0.2, 0.25) is 0 Å². The minimum atomic E-state index is -4.17. The summed E-state index contributed by atoms with van der Waals surface area (Å²) in [6.07, 6.45) is -2.62. The first-order chi connectivity index (χ1) is 9.99. The third kappa shape index (κ3) is 6.85. The number of hydrogen-bond acceptors (Lipinski definition) is 3. The molecule has 0 spiro atoms. The van der Waals surface area contributed by atoms with Gasteiger partial charge in [0.1, 0.15) is 5.60 Å². The van der Waals surface area contributed by atoms with Crippen LogP contribution in [0.4, 0.5) is 18.0 Å². The van der Waals surface area contributed by atoms with E-state index in [-0.39, 0.29) is 19.0 Å². The van der Waals surface area contributed by atoms with Crippen LogP contribution in [0.25, 0.3) is 0 Å². The molecular formula is C15H27F3N2O2. The topological polar surface area (TPSA) is 50.4 Å². The molecule has 0 aromatic carbocycles. The van der Waals surface area contributed by atoms with E-state index in [9.17, 15) is 18.0 Å². The van der Waals surface area contributed by atoms with Gasteiger partial charge in [-0.3, -0.25) is 0 Å². The number of hydrogen-bond donors (Lipinski definition) is 2. The van der Waals surface area contributed by atoms with E-state index in [4.69, 9.17) is 4.74 Å². The minimum absolute atomic E-state index is 0.174. The summed E-state index contributed by atoms with van der Waals surface area (Å²) in [4.78, 5) is 11.5. The van der Waals surface area contributed by atoms with Crippen molar-refractivity contribution in [3.8, 4) is 0 Å². The van der Waals surface area contributed by atoms with Crippen molar-refractivity contribution < 1.29 is 22.7 Å². The molecule has 0 heterocycles. The van der Waals surface area contributed by atoms with Crippen molar-refractivity contribution in [1.29, 1.82) is 0 Å². The maximum atomic E-state index is 13.0. The highest BCUT2D eigenvalue weighted by atomic mass is 19.4. The molecule has 1 aliphatic carbocycles. The summed E-state index contributed by atoms with van der Waals surface area (Å²) in [6, 6.07) is -0.829. The van der Waals surface area contributed by atoms with Gasteiger partial charge in [-0.05, 0) is 40.5 Å². The molecule has 0 saturated heterocycles. The quantitative estimate of drug-likeness (QED) is 0.830. The van der Waals surface area contributed by atoms with E-state index in [1.54, 1.807) is 27.7 Å². The van der Waals surface area contributed by atoms with E-state index < -0.39 is 29.8 Å². The molecule has 3 atom stereocenters. The number of carbonyl (C=O) groups excluding carboxylic acids is 1. The summed E-state index contributed by atoms with van der Waals surface area (Å²) in [5.41, 5.74) is -0.592. The largest absolute Gasteiger partial charge is 0.444 e. The lowest BCUT2D eigenvalue weighted by Gasteiger charge is -2.35. The van der Waals surface area contributed by atoms with Crippen LogP contribution in [-0.4, -0.2) is 36.5 Å². The summed E-state index contributed by atoms with van der Waals surface area (Å²) in [7, 11) is 0. The molecule has 0 bridgehead atoms. The average Bonchev–Trinajstić information content (AvgIpc) is 2.34. The third-order valence-electron chi connectivity index (χ3n) is 3.64. The predicted octanol–water partition coefficient (Wildman–Crippen LogP) is 3.61. The number of halogens is 3. The van der Waals surface area contributed by atoms with Crippen molar-refractivity contribution in [3.63, 3.8) is 0 Å². The highest BCUT2D eigenvalue weighted by Crippen LogP contribution is 2.37. The Morgan fingerprint density at radius 2 is 1.82 bits per heavy atom. The molecule has 0 aromatic rings. The molecule has 1 fully saturated rings. The number of nitrogens with one attached hydrogen (secondary N) is 2. The van der Waals surface area contributed by atoms with Crippen molar-refractivity contribution in [2.24, 2.45) is 5.92 Å². The van der Waals surface area contributed by atoms with Crippen molar-refractivity contribution in [3.05, 3.63) is 0 Å². The lowest BCUT2D eigenvalue weighted by Crippen LogP contribution is -2.51. The molecule has 130 valence electrons. The number of ether oxygens (including phenoxy) is 1. The number of carbonyl (C=O) groups is 1. The molecular weight excluding hydrogens is 297 g/mol. The van der Waals surface area contributed by atoms with E-state index in [1.807, 2.05) is 0 Å². The smallest absolute Gasteiger partial charge is 0.407 e. The van der Waals surface area contributed by atoms with Gasteiger partial charge in [-0.25, -0.2) is 4.79 Å². The van der Waals surface area contributed by atoms with Crippen LogP contribution in [-0.2, 0) is 4.74 Å². The van der Waals surface area contributed by atoms with Gasteiger partial charge in [0.25, 0.3) is 0 Å². The maximum Gasteiger partial charge on any atom is 0.407 e. The number of rotatable bonds is 4. The number of alkyl halides is 3. The van der Waals surface area contributed by atoms with Crippen molar-refractivity contribution in [2.45, 2.75) is 77.2 Å². The summed E-state index contributed by atoms with van der Waals surface area (Å²) < 4.78 is 44.1. The Kier molecular flexibility index (Phi) is 6.52. The van der Waals surface area contributed by atoms with Crippen molar-refractivity contribution >= 4 is 6.09 Å². The van der Waals surface area contributed by atoms with Gasteiger partial charge in [0.15, 0.2) is 0 Å². The molecule has 22 heavy (non-hydrogen) atoms. The zero-order valence-electron chi connectivity index (χ0n) is 13.7. The van der Waals surface area contributed by atoms with Crippen molar-refractivity contribution in [2.75, 3.05) is 6.54 Å². The molecule has 0 aliphatic heterocycles. The summed E-state index contributed by atoms with van der Waals surface area (Å²) in [5.74, 6) is -1.30. The second-order valence-corrected chi connectivity index (χ2v) is 6.99. The van der Waals surface area contributed by atoms with Crippen LogP contribution in [0.15, 0.2) is 0 Å². The normalized spacial score (nSPS) is 24.7. The molecule has 1 saturated carbocycles. The van der Waals surface area contributed by atoms with Crippen LogP contribution in [0.5, 0.6) is 0 Å². The highest BCUT2D eigenvalue weighted by molar-refractivity contribution is 5.67. The molecule has 0 radical (unpaired) electrons. The lowest BCUT2D eigenvalue weighted by atomic mass is 9.83. The van der Waals surface area contributed by atoms with E-state index in [2.05, 4.69) is 10.6 Å². The Bertz CT molecular complexity index is 367. The molecule has 3 unspecified atom stereocenters. The van der Waals surface area contributed by atoms with Crippen LogP contribution < -0.4 is 10.6 Å². The molecule has 7 heteroatoms. The van der Waals surface area contributed by atoms with E-state index in [0.29, 0.717) is 12.8 Å². The first-order valence-corrected chi connectivity index (χ1v) is 7.78. The van der Waals surface area contributed by atoms with Gasteiger partial charge in [0.2, 0.25) is 0 Å². The Hall–Kier alpha value is -0.980. The van der Waals surface area contributed by atoms with E-state index >= 15 is 0 Å². The fourth-order valence-corrected chi connectivity index (χ4v) is 2.70. The molecule has 2 N–H and O–H groups in total. The predicted molar refractivity (Wildman–Crippen MR) is 78.6 cm³/mol. The fraction of sp³-hybridized carbons (Fsp3) is 0.933. The summed E-state index contributed by atoms with van der Waals surface area (Å²) in [6.45, 7) is 7.26. The van der Waals surface area contributed by atoms with Gasteiger partial charge in [-0.1, -0.05) is 12.8 Å². The highest BCUT2D eigenvalue weighted by Gasteiger charge is 2.45. The Balaban J connectivity index is 2.43. The first kappa shape index (κ1) is 19.1. The van der Waals surface area contributed by atoms with E-state index in [1.165, 1.54) is 0 Å². The monoisotopic (exact) mass is 324 g/mol. The summed E-state index contributed by atoms with van der Waals surface area (Å²) in [5, 5.41) is 5.58. The number of amides is 1. The zero-order valence-corrected chi connectivity index (χ0v) is 13.7. The van der Waals surface area contributed by atoms with Gasteiger partial charge >= 0.3 is 12.3 Å². The summed E-state index contributed by atoms with van der Waals surface area (Å²) >= 11 is 0. The minimum Gasteiger partial charge on any atom is -0.444 e. The second kappa shape index (κ2) is 7.53. The Labute approximate surface area is 130 Å². The Morgan fingerprint density at radius 1 is 1.23 bits per heavy atom. The molecule has 0 aromatic heterocycles. The maximum absolute atomic E-state index is 13.0. The van der Waals surface area contributed by atoms with Gasteiger partial charge in [0.05, 0.1) is 5.92 Å². The second-order valence-electron chi connectivity index (χ2n) is 6.99. The first-order valence-electron chi connectivity index (χ1n) is 7.78. The SMILES string of the molecule is CC(CNC(=O)OC(C)(C)C)NC1CCCCC1C(F)(F)F. The molecule has 4 nitrogen and oxygen atoms in total. The molecule has 1 rings (SSSR count). The van der Waals surface area contributed by atoms with Crippen LogP contribution >= 0.6 is 0 Å². The van der Waals surface area contributed by atoms with Crippen molar-refractivity contribution in [1.82, 2.24) is 10.6 Å². The van der Waals surface area contributed by atoms with Gasteiger partial charge < -0.3 is 15.4 Å².